The Morgan fingerprint density at radius 1 is 1.58 bits per heavy atom. The third kappa shape index (κ3) is 1.43. The van der Waals surface area contributed by atoms with Gasteiger partial charge < -0.3 is 10.8 Å². The summed E-state index contributed by atoms with van der Waals surface area (Å²) < 4.78 is 1.65. The monoisotopic (exact) mass is 169 g/mol. The van der Waals surface area contributed by atoms with Gasteiger partial charge in [0.1, 0.15) is 5.82 Å². The van der Waals surface area contributed by atoms with Crippen molar-refractivity contribution in [2.24, 2.45) is 0 Å². The highest BCUT2D eigenvalue weighted by Gasteiger charge is 2.08. The molecule has 12 heavy (non-hydrogen) atoms. The summed E-state index contributed by atoms with van der Waals surface area (Å²) in [6.07, 6.45) is 0.883. The van der Waals surface area contributed by atoms with Gasteiger partial charge in [-0.15, -0.1) is 0 Å². The standard InChI is InChI=1S/C8H15N3O/c1-3-7-6(2)8(9)11(10-7)4-5-12/h12H,3-5,9H2,1-2H3. The average molecular weight is 169 g/mol. The first kappa shape index (κ1) is 9.06. The van der Waals surface area contributed by atoms with Crippen molar-refractivity contribution < 1.29 is 5.11 Å². The van der Waals surface area contributed by atoms with Crippen LogP contribution < -0.4 is 5.73 Å². The van der Waals surface area contributed by atoms with Gasteiger partial charge in [-0.1, -0.05) is 6.92 Å². The second-order valence-corrected chi connectivity index (χ2v) is 2.76. The molecule has 0 aromatic carbocycles. The smallest absolute Gasteiger partial charge is 0.124 e. The van der Waals surface area contributed by atoms with Crippen LogP contribution in [0.2, 0.25) is 0 Å². The highest BCUT2D eigenvalue weighted by Crippen LogP contribution is 2.15. The van der Waals surface area contributed by atoms with E-state index < -0.39 is 0 Å². The number of aliphatic hydroxyl groups excluding tert-OH is 1. The van der Waals surface area contributed by atoms with Crippen molar-refractivity contribution in [3.8, 4) is 0 Å². The number of aliphatic hydroxyl groups is 1. The molecule has 4 nitrogen and oxygen atoms in total. The van der Waals surface area contributed by atoms with Crippen LogP contribution in [-0.4, -0.2) is 21.5 Å². The molecule has 0 unspecified atom stereocenters. The van der Waals surface area contributed by atoms with Gasteiger partial charge in [-0.3, -0.25) is 0 Å². The van der Waals surface area contributed by atoms with E-state index in [2.05, 4.69) is 5.10 Å². The zero-order valence-electron chi connectivity index (χ0n) is 7.54. The number of nitrogen functional groups attached to an aromatic ring is 1. The minimum atomic E-state index is 0.0779. The van der Waals surface area contributed by atoms with E-state index in [4.69, 9.17) is 10.8 Å². The maximum Gasteiger partial charge on any atom is 0.124 e. The lowest BCUT2D eigenvalue weighted by Gasteiger charge is -1.99. The first-order chi connectivity index (χ1) is 5.70. The van der Waals surface area contributed by atoms with Gasteiger partial charge in [-0.2, -0.15) is 5.10 Å². The minimum Gasteiger partial charge on any atom is -0.394 e. The summed E-state index contributed by atoms with van der Waals surface area (Å²) in [5.41, 5.74) is 7.80. The molecular weight excluding hydrogens is 154 g/mol. The van der Waals surface area contributed by atoms with E-state index in [9.17, 15) is 0 Å². The van der Waals surface area contributed by atoms with Gasteiger partial charge in [0, 0.05) is 5.56 Å². The molecule has 68 valence electrons. The number of hydrogen-bond donors (Lipinski definition) is 2. The lowest BCUT2D eigenvalue weighted by Crippen LogP contribution is -2.07. The largest absolute Gasteiger partial charge is 0.394 e. The minimum absolute atomic E-state index is 0.0779. The second kappa shape index (κ2) is 3.58. The Labute approximate surface area is 72.0 Å². The van der Waals surface area contributed by atoms with Crippen molar-refractivity contribution in [3.63, 3.8) is 0 Å². The second-order valence-electron chi connectivity index (χ2n) is 2.76. The van der Waals surface area contributed by atoms with Crippen molar-refractivity contribution >= 4 is 5.82 Å². The summed E-state index contributed by atoms with van der Waals surface area (Å²) in [7, 11) is 0. The average Bonchev–Trinajstić information content (AvgIpc) is 2.33. The fourth-order valence-corrected chi connectivity index (χ4v) is 1.22. The molecule has 0 saturated carbocycles. The molecule has 4 heteroatoms. The third-order valence-electron chi connectivity index (χ3n) is 1.98. The van der Waals surface area contributed by atoms with Crippen LogP contribution in [0.1, 0.15) is 18.2 Å². The van der Waals surface area contributed by atoms with Crippen LogP contribution in [0.5, 0.6) is 0 Å². The maximum atomic E-state index is 8.70. The first-order valence-corrected chi connectivity index (χ1v) is 4.13. The Bertz CT molecular complexity index is 268. The fraction of sp³-hybridized carbons (Fsp3) is 0.625. The summed E-state index contributed by atoms with van der Waals surface area (Å²) in [6.45, 7) is 4.55. The number of rotatable bonds is 3. The molecule has 0 amide bonds. The topological polar surface area (TPSA) is 64.1 Å². The van der Waals surface area contributed by atoms with E-state index in [0.29, 0.717) is 12.4 Å². The molecule has 0 bridgehead atoms. The van der Waals surface area contributed by atoms with E-state index >= 15 is 0 Å². The van der Waals surface area contributed by atoms with Crippen molar-refractivity contribution in [3.05, 3.63) is 11.3 Å². The Balaban J connectivity index is 2.98. The van der Waals surface area contributed by atoms with E-state index in [1.807, 2.05) is 13.8 Å². The predicted octanol–water partition coefficient (Wildman–Crippen LogP) is 0.328. The molecule has 0 atom stereocenters. The van der Waals surface area contributed by atoms with Gasteiger partial charge in [0.25, 0.3) is 0 Å². The molecule has 1 aromatic rings. The number of hydrogen-bond acceptors (Lipinski definition) is 3. The molecule has 0 fully saturated rings. The van der Waals surface area contributed by atoms with E-state index in [1.54, 1.807) is 4.68 Å². The molecule has 0 aliphatic heterocycles. The first-order valence-electron chi connectivity index (χ1n) is 4.13. The van der Waals surface area contributed by atoms with Crippen LogP contribution in [0, 0.1) is 6.92 Å². The van der Waals surface area contributed by atoms with Crippen molar-refractivity contribution in [1.82, 2.24) is 9.78 Å². The Hall–Kier alpha value is -1.03. The highest BCUT2D eigenvalue weighted by molar-refractivity contribution is 5.42. The van der Waals surface area contributed by atoms with Crippen LogP contribution in [0.15, 0.2) is 0 Å². The molecule has 1 heterocycles. The van der Waals surface area contributed by atoms with Crippen LogP contribution in [0.25, 0.3) is 0 Å². The van der Waals surface area contributed by atoms with Crippen molar-refractivity contribution in [1.29, 1.82) is 0 Å². The van der Waals surface area contributed by atoms with E-state index in [-0.39, 0.29) is 6.61 Å². The molecule has 0 aliphatic carbocycles. The zero-order chi connectivity index (χ0) is 9.14. The summed E-state index contributed by atoms with van der Waals surface area (Å²) in [6, 6.07) is 0. The van der Waals surface area contributed by atoms with Crippen LogP contribution in [-0.2, 0) is 13.0 Å². The van der Waals surface area contributed by atoms with Crippen molar-refractivity contribution in [2.45, 2.75) is 26.8 Å². The zero-order valence-corrected chi connectivity index (χ0v) is 7.54. The third-order valence-corrected chi connectivity index (χ3v) is 1.98. The Morgan fingerprint density at radius 3 is 2.67 bits per heavy atom. The molecule has 0 spiro atoms. The molecule has 0 saturated heterocycles. The molecular formula is C8H15N3O. The molecule has 1 aromatic heterocycles. The predicted molar refractivity (Wildman–Crippen MR) is 47.8 cm³/mol. The van der Waals surface area contributed by atoms with E-state index in [1.165, 1.54) is 0 Å². The molecule has 3 N–H and O–H groups in total. The van der Waals surface area contributed by atoms with Gasteiger partial charge in [-0.25, -0.2) is 4.68 Å². The number of nitrogens with zero attached hydrogens (tertiary/aromatic N) is 2. The van der Waals surface area contributed by atoms with E-state index in [0.717, 1.165) is 17.7 Å². The molecule has 1 rings (SSSR count). The molecule has 0 aliphatic rings. The normalized spacial score (nSPS) is 10.6. The highest BCUT2D eigenvalue weighted by atomic mass is 16.3. The fourth-order valence-electron chi connectivity index (χ4n) is 1.22. The van der Waals surface area contributed by atoms with Gasteiger partial charge in [-0.05, 0) is 13.3 Å². The van der Waals surface area contributed by atoms with Crippen LogP contribution in [0.4, 0.5) is 5.82 Å². The number of anilines is 1. The lowest BCUT2D eigenvalue weighted by atomic mass is 10.2. The summed E-state index contributed by atoms with van der Waals surface area (Å²) in [4.78, 5) is 0. The van der Waals surface area contributed by atoms with Gasteiger partial charge in [0.15, 0.2) is 0 Å². The van der Waals surface area contributed by atoms with Gasteiger partial charge in [0.05, 0.1) is 18.8 Å². The van der Waals surface area contributed by atoms with Crippen molar-refractivity contribution in [2.75, 3.05) is 12.3 Å². The number of aromatic nitrogens is 2. The summed E-state index contributed by atoms with van der Waals surface area (Å²) >= 11 is 0. The summed E-state index contributed by atoms with van der Waals surface area (Å²) in [5.74, 6) is 0.668. The Kier molecular flexibility index (Phi) is 2.70. The van der Waals surface area contributed by atoms with Crippen LogP contribution in [0.3, 0.4) is 0 Å². The lowest BCUT2D eigenvalue weighted by molar-refractivity contribution is 0.270. The number of aryl methyl sites for hydroxylation is 1. The molecule has 0 radical (unpaired) electrons. The maximum absolute atomic E-state index is 8.70. The number of nitrogens with two attached hydrogens (primary N) is 1. The van der Waals surface area contributed by atoms with Gasteiger partial charge in [0.2, 0.25) is 0 Å². The van der Waals surface area contributed by atoms with Crippen LogP contribution >= 0.6 is 0 Å². The Morgan fingerprint density at radius 2 is 2.25 bits per heavy atom. The van der Waals surface area contributed by atoms with Gasteiger partial charge >= 0.3 is 0 Å². The SMILES string of the molecule is CCc1nn(CCO)c(N)c1C. The quantitative estimate of drug-likeness (QED) is 0.685. The summed E-state index contributed by atoms with van der Waals surface area (Å²) in [5, 5.41) is 12.9.